The third kappa shape index (κ3) is 2.84. The summed E-state index contributed by atoms with van der Waals surface area (Å²) >= 11 is 0. The van der Waals surface area contributed by atoms with E-state index in [0.29, 0.717) is 5.41 Å². The number of rotatable bonds is 1. The molecule has 1 fully saturated rings. The van der Waals surface area contributed by atoms with E-state index in [4.69, 9.17) is 0 Å². The van der Waals surface area contributed by atoms with Gasteiger partial charge in [-0.05, 0) is 24.2 Å². The smallest absolute Gasteiger partial charge is 0.0303 e. The molecule has 11 heavy (non-hydrogen) atoms. The lowest BCUT2D eigenvalue weighted by Gasteiger charge is -2.27. The Bertz CT molecular complexity index is 86.2. The SMILES string of the molecule is CC.CC(C)C1(C)CCCC1. The zero-order valence-corrected chi connectivity index (χ0v) is 8.91. The molecule has 0 amide bonds. The zero-order chi connectivity index (χ0) is 8.91. The van der Waals surface area contributed by atoms with Crippen LogP contribution in [0.4, 0.5) is 0 Å². The molecule has 1 rings (SSSR count). The second-order valence-electron chi connectivity index (χ2n) is 4.02. The summed E-state index contributed by atoms with van der Waals surface area (Å²) in [5.74, 6) is 0.889. The highest BCUT2D eigenvalue weighted by molar-refractivity contribution is 4.82. The predicted molar refractivity (Wildman–Crippen MR) is 52.8 cm³/mol. The van der Waals surface area contributed by atoms with Gasteiger partial charge in [0.25, 0.3) is 0 Å². The molecular weight excluding hydrogens is 132 g/mol. The molecule has 0 spiro atoms. The van der Waals surface area contributed by atoms with Crippen molar-refractivity contribution in [2.24, 2.45) is 11.3 Å². The fourth-order valence-corrected chi connectivity index (χ4v) is 1.76. The summed E-state index contributed by atoms with van der Waals surface area (Å²) in [5.41, 5.74) is 0.694. The van der Waals surface area contributed by atoms with Gasteiger partial charge >= 0.3 is 0 Å². The first-order valence-corrected chi connectivity index (χ1v) is 5.15. The molecule has 0 unspecified atom stereocenters. The van der Waals surface area contributed by atoms with Crippen LogP contribution in [-0.4, -0.2) is 0 Å². The normalized spacial score (nSPS) is 21.3. The highest BCUT2D eigenvalue weighted by Gasteiger charge is 2.31. The van der Waals surface area contributed by atoms with Crippen molar-refractivity contribution in [3.05, 3.63) is 0 Å². The Kier molecular flexibility index (Phi) is 4.79. The Morgan fingerprint density at radius 1 is 1.00 bits per heavy atom. The maximum atomic E-state index is 2.44. The van der Waals surface area contributed by atoms with Gasteiger partial charge in [0, 0.05) is 0 Å². The molecule has 0 aromatic heterocycles. The van der Waals surface area contributed by atoms with E-state index >= 15 is 0 Å². The van der Waals surface area contributed by atoms with E-state index in [1.54, 1.807) is 0 Å². The number of hydrogen-bond acceptors (Lipinski definition) is 0. The Balaban J connectivity index is 0.000000461. The van der Waals surface area contributed by atoms with Crippen LogP contribution in [0.5, 0.6) is 0 Å². The van der Waals surface area contributed by atoms with Crippen molar-refractivity contribution < 1.29 is 0 Å². The Morgan fingerprint density at radius 3 is 1.55 bits per heavy atom. The highest BCUT2D eigenvalue weighted by atomic mass is 14.4. The summed E-state index contributed by atoms with van der Waals surface area (Å²) in [7, 11) is 0. The van der Waals surface area contributed by atoms with E-state index in [1.807, 2.05) is 13.8 Å². The summed E-state index contributed by atoms with van der Waals surface area (Å²) in [6, 6.07) is 0. The Morgan fingerprint density at radius 2 is 1.36 bits per heavy atom. The average molecular weight is 156 g/mol. The topological polar surface area (TPSA) is 0 Å². The van der Waals surface area contributed by atoms with Crippen LogP contribution in [0.3, 0.4) is 0 Å². The Labute approximate surface area is 72.4 Å². The highest BCUT2D eigenvalue weighted by Crippen LogP contribution is 2.43. The van der Waals surface area contributed by atoms with Gasteiger partial charge in [0.05, 0.1) is 0 Å². The molecule has 0 bridgehead atoms. The molecule has 0 nitrogen and oxygen atoms in total. The van der Waals surface area contributed by atoms with Crippen molar-refractivity contribution in [3.8, 4) is 0 Å². The predicted octanol–water partition coefficient (Wildman–Crippen LogP) is 4.25. The molecule has 1 saturated carbocycles. The van der Waals surface area contributed by atoms with Gasteiger partial charge in [-0.15, -0.1) is 0 Å². The quantitative estimate of drug-likeness (QED) is 0.532. The van der Waals surface area contributed by atoms with Gasteiger partial charge in [-0.1, -0.05) is 47.5 Å². The first-order chi connectivity index (χ1) is 5.15. The first kappa shape index (κ1) is 11.0. The zero-order valence-electron chi connectivity index (χ0n) is 8.91. The van der Waals surface area contributed by atoms with Crippen molar-refractivity contribution >= 4 is 0 Å². The van der Waals surface area contributed by atoms with Crippen LogP contribution in [0, 0.1) is 11.3 Å². The summed E-state index contributed by atoms with van der Waals surface area (Å²) in [4.78, 5) is 0. The summed E-state index contributed by atoms with van der Waals surface area (Å²) in [6.07, 6.45) is 5.86. The van der Waals surface area contributed by atoms with E-state index in [2.05, 4.69) is 20.8 Å². The van der Waals surface area contributed by atoms with Crippen LogP contribution in [0.25, 0.3) is 0 Å². The van der Waals surface area contributed by atoms with Crippen LogP contribution >= 0.6 is 0 Å². The molecule has 0 aliphatic heterocycles. The van der Waals surface area contributed by atoms with Gasteiger partial charge < -0.3 is 0 Å². The van der Waals surface area contributed by atoms with Crippen molar-refractivity contribution in [1.29, 1.82) is 0 Å². The van der Waals surface area contributed by atoms with E-state index < -0.39 is 0 Å². The molecule has 0 heterocycles. The fraction of sp³-hybridized carbons (Fsp3) is 1.00. The van der Waals surface area contributed by atoms with Gasteiger partial charge in [-0.3, -0.25) is 0 Å². The molecule has 0 saturated heterocycles. The lowest BCUT2D eigenvalue weighted by atomic mass is 9.78. The minimum Gasteiger partial charge on any atom is -0.0683 e. The molecule has 1 aliphatic carbocycles. The Hall–Kier alpha value is 0. The molecule has 0 atom stereocenters. The lowest BCUT2D eigenvalue weighted by molar-refractivity contribution is 0.228. The van der Waals surface area contributed by atoms with Crippen molar-refractivity contribution in [3.63, 3.8) is 0 Å². The average Bonchev–Trinajstić information content (AvgIpc) is 2.42. The molecule has 0 N–H and O–H groups in total. The van der Waals surface area contributed by atoms with Gasteiger partial charge in [0.1, 0.15) is 0 Å². The molecule has 0 radical (unpaired) electrons. The summed E-state index contributed by atoms with van der Waals surface area (Å²) < 4.78 is 0. The third-order valence-corrected chi connectivity index (χ3v) is 3.14. The van der Waals surface area contributed by atoms with E-state index in [-0.39, 0.29) is 0 Å². The van der Waals surface area contributed by atoms with Gasteiger partial charge in [-0.25, -0.2) is 0 Å². The summed E-state index contributed by atoms with van der Waals surface area (Å²) in [5, 5.41) is 0. The molecular formula is C11H24. The molecule has 68 valence electrons. The second kappa shape index (κ2) is 4.79. The number of hydrogen-bond donors (Lipinski definition) is 0. The van der Waals surface area contributed by atoms with E-state index in [9.17, 15) is 0 Å². The standard InChI is InChI=1S/C9H18.C2H6/c1-8(2)9(3)6-4-5-7-9;1-2/h8H,4-7H2,1-3H3;1-2H3. The molecule has 0 aromatic rings. The van der Waals surface area contributed by atoms with Gasteiger partial charge in [0.15, 0.2) is 0 Å². The maximum Gasteiger partial charge on any atom is -0.0303 e. The monoisotopic (exact) mass is 156 g/mol. The largest absolute Gasteiger partial charge is 0.0683 e. The van der Waals surface area contributed by atoms with Crippen LogP contribution < -0.4 is 0 Å². The fourth-order valence-electron chi connectivity index (χ4n) is 1.76. The van der Waals surface area contributed by atoms with Crippen LogP contribution in [0.15, 0.2) is 0 Å². The maximum absolute atomic E-state index is 2.44. The van der Waals surface area contributed by atoms with Crippen molar-refractivity contribution in [2.45, 2.75) is 60.3 Å². The van der Waals surface area contributed by atoms with Crippen LogP contribution in [0.2, 0.25) is 0 Å². The van der Waals surface area contributed by atoms with Crippen LogP contribution in [0.1, 0.15) is 60.3 Å². The molecule has 0 heteroatoms. The molecule has 1 aliphatic rings. The minimum atomic E-state index is 0.694. The van der Waals surface area contributed by atoms with E-state index in [1.165, 1.54) is 25.7 Å². The van der Waals surface area contributed by atoms with Gasteiger partial charge in [-0.2, -0.15) is 0 Å². The lowest BCUT2D eigenvalue weighted by Crippen LogP contribution is -2.18. The van der Waals surface area contributed by atoms with Crippen molar-refractivity contribution in [2.75, 3.05) is 0 Å². The third-order valence-electron chi connectivity index (χ3n) is 3.14. The second-order valence-corrected chi connectivity index (χ2v) is 4.02. The summed E-state index contributed by atoms with van der Waals surface area (Å²) in [6.45, 7) is 11.1. The van der Waals surface area contributed by atoms with E-state index in [0.717, 1.165) is 5.92 Å². The van der Waals surface area contributed by atoms with Gasteiger partial charge in [0.2, 0.25) is 0 Å². The first-order valence-electron chi connectivity index (χ1n) is 5.15. The minimum absolute atomic E-state index is 0.694. The molecule has 0 aromatic carbocycles. The van der Waals surface area contributed by atoms with Crippen molar-refractivity contribution in [1.82, 2.24) is 0 Å². The van der Waals surface area contributed by atoms with Crippen LogP contribution in [-0.2, 0) is 0 Å².